The molecule has 3 rings (SSSR count). The van der Waals surface area contributed by atoms with Gasteiger partial charge in [-0.05, 0) is 33.8 Å². The number of benzene rings is 1. The summed E-state index contributed by atoms with van der Waals surface area (Å²) in [5.41, 5.74) is 1.70. The van der Waals surface area contributed by atoms with Crippen molar-refractivity contribution in [1.82, 2.24) is 25.3 Å². The Balaban J connectivity index is 2.00. The molecule has 2 heterocycles. The Bertz CT molecular complexity index is 965. The maximum absolute atomic E-state index is 13.3. The quantitative estimate of drug-likeness (QED) is 0.546. The summed E-state index contributed by atoms with van der Waals surface area (Å²) in [6.07, 6.45) is 0. The van der Waals surface area contributed by atoms with E-state index in [9.17, 15) is 14.4 Å². The minimum atomic E-state index is -0.704. The highest BCUT2D eigenvalue weighted by Crippen LogP contribution is 2.36. The molecule has 1 fully saturated rings. The van der Waals surface area contributed by atoms with Crippen molar-refractivity contribution in [1.29, 1.82) is 0 Å². The fourth-order valence-electron chi connectivity index (χ4n) is 4.74. The smallest absolute Gasteiger partial charge is 0.338 e. The van der Waals surface area contributed by atoms with Crippen LogP contribution >= 0.6 is 0 Å². The molecule has 0 bridgehead atoms. The van der Waals surface area contributed by atoms with Gasteiger partial charge in [0.15, 0.2) is 0 Å². The van der Waals surface area contributed by atoms with Crippen molar-refractivity contribution >= 4 is 18.0 Å². The molecule has 10 heteroatoms. The van der Waals surface area contributed by atoms with Crippen LogP contribution in [0.25, 0.3) is 0 Å². The van der Waals surface area contributed by atoms with Crippen molar-refractivity contribution in [2.45, 2.75) is 39.8 Å². The van der Waals surface area contributed by atoms with Crippen LogP contribution in [0.4, 0.5) is 9.59 Å². The minimum Gasteiger partial charge on any atom is -0.496 e. The van der Waals surface area contributed by atoms with E-state index < -0.39 is 12.0 Å². The number of piperazine rings is 1. The predicted octanol–water partition coefficient (Wildman–Crippen LogP) is 2.33. The van der Waals surface area contributed by atoms with E-state index in [0.29, 0.717) is 61.9 Å². The fourth-order valence-corrected chi connectivity index (χ4v) is 4.74. The summed E-state index contributed by atoms with van der Waals surface area (Å²) in [4.78, 5) is 44.4. The Morgan fingerprint density at radius 1 is 1.17 bits per heavy atom. The number of ether oxygens (including phenoxy) is 2. The van der Waals surface area contributed by atoms with Gasteiger partial charge in [-0.25, -0.2) is 14.4 Å². The molecule has 2 aliphatic heterocycles. The Hall–Kier alpha value is -3.27. The fraction of sp³-hybridized carbons (Fsp3) is 0.560. The summed E-state index contributed by atoms with van der Waals surface area (Å²) in [6, 6.07) is 6.27. The van der Waals surface area contributed by atoms with Gasteiger partial charge in [0.1, 0.15) is 5.75 Å². The monoisotopic (exact) mass is 487 g/mol. The standard InChI is InChI=1S/C25H37N5O5/c1-6-26-24(32)30-14-13-28(15-17(30)4)16-19-21(23(31)35-8-3)22(27-25(33)29(19)7-2)18-11-9-10-12-20(18)34-5/h9-12,17,22H,6-8,13-16H2,1-5H3,(H,26,32)(H,27,33)/t17-,22-/m1/s1. The summed E-state index contributed by atoms with van der Waals surface area (Å²) in [7, 11) is 1.56. The molecular weight excluding hydrogens is 450 g/mol. The number of hydrogen-bond donors (Lipinski definition) is 2. The van der Waals surface area contributed by atoms with Crippen LogP contribution in [0, 0.1) is 0 Å². The molecule has 1 saturated heterocycles. The Morgan fingerprint density at radius 2 is 1.91 bits per heavy atom. The van der Waals surface area contributed by atoms with Gasteiger partial charge < -0.3 is 25.0 Å². The van der Waals surface area contributed by atoms with Gasteiger partial charge in [-0.3, -0.25) is 9.80 Å². The van der Waals surface area contributed by atoms with Crippen molar-refractivity contribution < 1.29 is 23.9 Å². The lowest BCUT2D eigenvalue weighted by Crippen LogP contribution is -2.58. The van der Waals surface area contributed by atoms with Gasteiger partial charge in [-0.2, -0.15) is 0 Å². The van der Waals surface area contributed by atoms with Crippen LogP contribution in [0.2, 0.25) is 0 Å². The van der Waals surface area contributed by atoms with Gasteiger partial charge in [0, 0.05) is 56.6 Å². The molecule has 0 aliphatic carbocycles. The van der Waals surface area contributed by atoms with Gasteiger partial charge in [-0.15, -0.1) is 0 Å². The zero-order valence-corrected chi connectivity index (χ0v) is 21.3. The van der Waals surface area contributed by atoms with Crippen LogP contribution < -0.4 is 15.4 Å². The average Bonchev–Trinajstić information content (AvgIpc) is 2.84. The highest BCUT2D eigenvalue weighted by atomic mass is 16.5. The number of para-hydroxylation sites is 1. The highest BCUT2D eigenvalue weighted by Gasteiger charge is 2.40. The van der Waals surface area contributed by atoms with E-state index in [4.69, 9.17) is 9.47 Å². The second-order valence-electron chi connectivity index (χ2n) is 8.56. The molecule has 0 unspecified atom stereocenters. The third-order valence-corrected chi connectivity index (χ3v) is 6.37. The van der Waals surface area contributed by atoms with Crippen molar-refractivity contribution in [2.75, 3.05) is 53.0 Å². The number of nitrogens with zero attached hydrogens (tertiary/aromatic N) is 3. The molecule has 2 atom stereocenters. The number of carbonyl (C=O) groups is 3. The van der Waals surface area contributed by atoms with Gasteiger partial charge in [0.25, 0.3) is 0 Å². The first-order chi connectivity index (χ1) is 16.9. The summed E-state index contributed by atoms with van der Waals surface area (Å²) >= 11 is 0. The SMILES string of the molecule is CCNC(=O)N1CCN(CC2=C(C(=O)OCC)[C@@H](c3ccccc3OC)NC(=O)N2CC)C[C@H]1C. The molecular formula is C25H37N5O5. The van der Waals surface area contributed by atoms with E-state index in [1.807, 2.05) is 43.9 Å². The van der Waals surface area contributed by atoms with Gasteiger partial charge in [0.05, 0.1) is 25.3 Å². The number of methoxy groups -OCH3 is 1. The number of urea groups is 2. The Kier molecular flexibility index (Phi) is 8.97. The van der Waals surface area contributed by atoms with Crippen LogP contribution in [-0.4, -0.2) is 91.8 Å². The maximum Gasteiger partial charge on any atom is 0.338 e. The van der Waals surface area contributed by atoms with Crippen molar-refractivity contribution in [2.24, 2.45) is 0 Å². The van der Waals surface area contributed by atoms with Crippen molar-refractivity contribution in [3.05, 3.63) is 41.1 Å². The zero-order valence-electron chi connectivity index (χ0n) is 21.3. The first kappa shape index (κ1) is 26.3. The largest absolute Gasteiger partial charge is 0.496 e. The molecule has 4 amide bonds. The van der Waals surface area contributed by atoms with E-state index in [1.165, 1.54) is 0 Å². The average molecular weight is 488 g/mol. The summed E-state index contributed by atoms with van der Waals surface area (Å²) in [5.74, 6) is 0.110. The number of carbonyl (C=O) groups excluding carboxylic acids is 3. The van der Waals surface area contributed by atoms with E-state index >= 15 is 0 Å². The Labute approximate surface area is 207 Å². The molecule has 1 aromatic carbocycles. The lowest BCUT2D eigenvalue weighted by Gasteiger charge is -2.42. The summed E-state index contributed by atoms with van der Waals surface area (Å²) in [5, 5.41) is 5.84. The normalized spacial score (nSPS) is 21.0. The van der Waals surface area contributed by atoms with E-state index in [2.05, 4.69) is 15.5 Å². The second-order valence-corrected chi connectivity index (χ2v) is 8.56. The van der Waals surface area contributed by atoms with Crippen LogP contribution in [0.3, 0.4) is 0 Å². The lowest BCUT2D eigenvalue weighted by atomic mass is 9.93. The number of esters is 1. The Morgan fingerprint density at radius 3 is 2.54 bits per heavy atom. The van der Waals surface area contributed by atoms with Crippen LogP contribution in [0.1, 0.15) is 39.3 Å². The third kappa shape index (κ3) is 5.70. The molecule has 0 aromatic heterocycles. The minimum absolute atomic E-state index is 0.0144. The zero-order chi connectivity index (χ0) is 25.5. The molecule has 0 saturated carbocycles. The van der Waals surface area contributed by atoms with E-state index in [0.717, 1.165) is 0 Å². The molecule has 35 heavy (non-hydrogen) atoms. The number of rotatable bonds is 8. The van der Waals surface area contributed by atoms with Crippen LogP contribution in [-0.2, 0) is 9.53 Å². The van der Waals surface area contributed by atoms with Gasteiger partial charge in [-0.1, -0.05) is 18.2 Å². The molecule has 0 spiro atoms. The lowest BCUT2D eigenvalue weighted by molar-refractivity contribution is -0.139. The number of nitrogens with one attached hydrogen (secondary N) is 2. The highest BCUT2D eigenvalue weighted by molar-refractivity contribution is 5.95. The maximum atomic E-state index is 13.3. The number of likely N-dealkylation sites (N-methyl/N-ethyl adjacent to an activating group) is 1. The van der Waals surface area contributed by atoms with Crippen LogP contribution in [0.15, 0.2) is 35.5 Å². The summed E-state index contributed by atoms with van der Waals surface area (Å²) in [6.45, 7) is 10.9. The van der Waals surface area contributed by atoms with E-state index in [-0.39, 0.29) is 24.7 Å². The van der Waals surface area contributed by atoms with E-state index in [1.54, 1.807) is 25.0 Å². The second kappa shape index (κ2) is 11.9. The van der Waals surface area contributed by atoms with Crippen molar-refractivity contribution in [3.63, 3.8) is 0 Å². The molecule has 192 valence electrons. The molecule has 1 aromatic rings. The number of hydrogen-bond acceptors (Lipinski definition) is 6. The molecule has 0 radical (unpaired) electrons. The summed E-state index contributed by atoms with van der Waals surface area (Å²) < 4.78 is 11.0. The predicted molar refractivity (Wildman–Crippen MR) is 132 cm³/mol. The molecule has 10 nitrogen and oxygen atoms in total. The van der Waals surface area contributed by atoms with Crippen molar-refractivity contribution in [3.8, 4) is 5.75 Å². The van der Waals surface area contributed by atoms with Crippen LogP contribution in [0.5, 0.6) is 5.75 Å². The number of amides is 4. The topological polar surface area (TPSA) is 103 Å². The molecule has 2 aliphatic rings. The first-order valence-corrected chi connectivity index (χ1v) is 12.2. The van der Waals surface area contributed by atoms with Gasteiger partial charge in [0.2, 0.25) is 0 Å². The third-order valence-electron chi connectivity index (χ3n) is 6.37. The van der Waals surface area contributed by atoms with Gasteiger partial charge >= 0.3 is 18.0 Å². The first-order valence-electron chi connectivity index (χ1n) is 12.2. The molecule has 2 N–H and O–H groups in total.